The molecule has 68 valence electrons. The molecule has 0 spiro atoms. The lowest BCUT2D eigenvalue weighted by atomic mass is 10.2. The highest BCUT2D eigenvalue weighted by atomic mass is 35.5. The summed E-state index contributed by atoms with van der Waals surface area (Å²) in [6.07, 6.45) is 2.87. The molecular weight excluding hydrogens is 191 g/mol. The zero-order valence-corrected chi connectivity index (χ0v) is 7.59. The number of hydrogen-bond donors (Lipinski definition) is 0. The molecular formula is C10H8ClFO. The molecule has 0 heterocycles. The van der Waals surface area contributed by atoms with Crippen molar-refractivity contribution in [1.29, 1.82) is 0 Å². The summed E-state index contributed by atoms with van der Waals surface area (Å²) in [5.74, 6) is -0.558. The highest BCUT2D eigenvalue weighted by Crippen LogP contribution is 2.05. The Morgan fingerprint density at radius 1 is 1.54 bits per heavy atom. The van der Waals surface area contributed by atoms with Crippen LogP contribution in [-0.4, -0.2) is 11.7 Å². The van der Waals surface area contributed by atoms with Gasteiger partial charge in [0.05, 0.1) is 5.88 Å². The number of halogens is 2. The van der Waals surface area contributed by atoms with Crippen LogP contribution in [0.1, 0.15) is 5.56 Å². The summed E-state index contributed by atoms with van der Waals surface area (Å²) in [5.41, 5.74) is 0.651. The number of rotatable bonds is 3. The third-order valence-corrected chi connectivity index (χ3v) is 1.71. The number of alkyl halides is 1. The van der Waals surface area contributed by atoms with Crippen LogP contribution in [0.2, 0.25) is 0 Å². The van der Waals surface area contributed by atoms with Gasteiger partial charge in [-0.1, -0.05) is 18.2 Å². The van der Waals surface area contributed by atoms with E-state index < -0.39 is 0 Å². The van der Waals surface area contributed by atoms with Crippen LogP contribution in [0.4, 0.5) is 4.39 Å². The second-order valence-electron chi connectivity index (χ2n) is 2.49. The first kappa shape index (κ1) is 9.93. The fourth-order valence-corrected chi connectivity index (χ4v) is 0.933. The average Bonchev–Trinajstić information content (AvgIpc) is 2.14. The van der Waals surface area contributed by atoms with Gasteiger partial charge in [-0.15, -0.1) is 11.6 Å². The SMILES string of the molecule is O=C(/C=C/c1cccc(F)c1)CCl. The Bertz CT molecular complexity index is 333. The largest absolute Gasteiger partial charge is 0.294 e. The van der Waals surface area contributed by atoms with E-state index in [9.17, 15) is 9.18 Å². The molecule has 0 bridgehead atoms. The van der Waals surface area contributed by atoms with Crippen LogP contribution in [0.15, 0.2) is 30.3 Å². The Kier molecular flexibility index (Phi) is 3.65. The first-order valence-corrected chi connectivity index (χ1v) is 4.28. The van der Waals surface area contributed by atoms with Crippen LogP contribution < -0.4 is 0 Å². The molecule has 3 heteroatoms. The Labute approximate surface area is 80.8 Å². The summed E-state index contributed by atoms with van der Waals surface area (Å²) < 4.78 is 12.6. The molecule has 0 N–H and O–H groups in total. The monoisotopic (exact) mass is 198 g/mol. The average molecular weight is 199 g/mol. The van der Waals surface area contributed by atoms with Crippen molar-refractivity contribution in [1.82, 2.24) is 0 Å². The fraction of sp³-hybridized carbons (Fsp3) is 0.100. The smallest absolute Gasteiger partial charge is 0.170 e. The number of carbonyl (C=O) groups excluding carboxylic acids is 1. The molecule has 0 amide bonds. The number of benzene rings is 1. The Hall–Kier alpha value is -1.15. The van der Waals surface area contributed by atoms with E-state index in [0.29, 0.717) is 5.56 Å². The number of carbonyl (C=O) groups is 1. The fourth-order valence-electron chi connectivity index (χ4n) is 0.844. The minimum atomic E-state index is -0.319. The molecule has 1 aromatic carbocycles. The van der Waals surface area contributed by atoms with E-state index >= 15 is 0 Å². The highest BCUT2D eigenvalue weighted by Gasteiger charge is 1.93. The normalized spacial score (nSPS) is 10.6. The molecule has 0 aromatic heterocycles. The van der Waals surface area contributed by atoms with Crippen molar-refractivity contribution in [3.05, 3.63) is 41.7 Å². The Morgan fingerprint density at radius 2 is 2.31 bits per heavy atom. The van der Waals surface area contributed by atoms with Crippen molar-refractivity contribution >= 4 is 23.5 Å². The van der Waals surface area contributed by atoms with Gasteiger partial charge in [0.2, 0.25) is 0 Å². The van der Waals surface area contributed by atoms with Gasteiger partial charge in [0.15, 0.2) is 5.78 Å². The molecule has 0 aliphatic rings. The van der Waals surface area contributed by atoms with Crippen molar-refractivity contribution < 1.29 is 9.18 Å². The zero-order valence-electron chi connectivity index (χ0n) is 6.84. The summed E-state index contributed by atoms with van der Waals surface area (Å²) in [6, 6.07) is 5.99. The van der Waals surface area contributed by atoms with Crippen molar-refractivity contribution in [2.45, 2.75) is 0 Å². The zero-order chi connectivity index (χ0) is 9.68. The summed E-state index contributed by atoms with van der Waals surface area (Å²) in [7, 11) is 0. The van der Waals surface area contributed by atoms with Gasteiger partial charge in [-0.05, 0) is 23.8 Å². The van der Waals surface area contributed by atoms with Gasteiger partial charge in [-0.3, -0.25) is 4.79 Å². The van der Waals surface area contributed by atoms with Crippen molar-refractivity contribution in [3.8, 4) is 0 Å². The van der Waals surface area contributed by atoms with Crippen LogP contribution >= 0.6 is 11.6 Å². The maximum Gasteiger partial charge on any atom is 0.170 e. The maximum atomic E-state index is 12.6. The highest BCUT2D eigenvalue weighted by molar-refractivity contribution is 6.29. The summed E-state index contributed by atoms with van der Waals surface area (Å²) in [4.78, 5) is 10.8. The van der Waals surface area contributed by atoms with Gasteiger partial charge in [-0.25, -0.2) is 4.39 Å². The molecule has 0 fully saturated rings. The molecule has 0 saturated carbocycles. The van der Waals surface area contributed by atoms with E-state index in [1.54, 1.807) is 12.1 Å². The van der Waals surface area contributed by atoms with Crippen LogP contribution in [-0.2, 0) is 4.79 Å². The first-order chi connectivity index (χ1) is 6.22. The van der Waals surface area contributed by atoms with Gasteiger partial charge >= 0.3 is 0 Å². The molecule has 0 aliphatic carbocycles. The Morgan fingerprint density at radius 3 is 2.92 bits per heavy atom. The van der Waals surface area contributed by atoms with Gasteiger partial charge in [0.25, 0.3) is 0 Å². The van der Waals surface area contributed by atoms with Crippen LogP contribution in [0, 0.1) is 5.82 Å². The second kappa shape index (κ2) is 4.77. The lowest BCUT2D eigenvalue weighted by Gasteiger charge is -1.91. The summed E-state index contributed by atoms with van der Waals surface area (Å²) in [6.45, 7) is 0. The molecule has 0 saturated heterocycles. The van der Waals surface area contributed by atoms with Gasteiger partial charge in [0, 0.05) is 0 Å². The molecule has 13 heavy (non-hydrogen) atoms. The molecule has 0 aliphatic heterocycles. The molecule has 0 unspecified atom stereocenters. The minimum Gasteiger partial charge on any atom is -0.294 e. The third kappa shape index (κ3) is 3.38. The third-order valence-electron chi connectivity index (χ3n) is 1.44. The topological polar surface area (TPSA) is 17.1 Å². The van der Waals surface area contributed by atoms with Crippen LogP contribution in [0.5, 0.6) is 0 Å². The molecule has 1 aromatic rings. The van der Waals surface area contributed by atoms with Crippen LogP contribution in [0.3, 0.4) is 0 Å². The Balaban J connectivity index is 2.74. The molecule has 1 rings (SSSR count). The number of ketones is 1. The van der Waals surface area contributed by atoms with E-state index in [0.717, 1.165) is 0 Å². The lowest BCUT2D eigenvalue weighted by Crippen LogP contribution is -1.91. The van der Waals surface area contributed by atoms with E-state index in [1.807, 2.05) is 0 Å². The quantitative estimate of drug-likeness (QED) is 0.539. The van der Waals surface area contributed by atoms with Crippen molar-refractivity contribution in [2.75, 3.05) is 5.88 Å². The molecule has 1 nitrogen and oxygen atoms in total. The molecule has 0 atom stereocenters. The van der Waals surface area contributed by atoms with Gasteiger partial charge in [-0.2, -0.15) is 0 Å². The van der Waals surface area contributed by atoms with E-state index in [1.165, 1.54) is 24.3 Å². The number of allylic oxidation sites excluding steroid dienone is 1. The van der Waals surface area contributed by atoms with Crippen molar-refractivity contribution in [3.63, 3.8) is 0 Å². The van der Waals surface area contributed by atoms with E-state index in [4.69, 9.17) is 11.6 Å². The standard InChI is InChI=1S/C10H8ClFO/c11-7-10(13)5-4-8-2-1-3-9(12)6-8/h1-6H,7H2/b5-4+. The van der Waals surface area contributed by atoms with E-state index in [2.05, 4.69) is 0 Å². The maximum absolute atomic E-state index is 12.6. The summed E-state index contributed by atoms with van der Waals surface area (Å²) in [5, 5.41) is 0. The van der Waals surface area contributed by atoms with Gasteiger partial charge in [0.1, 0.15) is 5.82 Å². The summed E-state index contributed by atoms with van der Waals surface area (Å²) >= 11 is 5.27. The second-order valence-corrected chi connectivity index (χ2v) is 2.76. The van der Waals surface area contributed by atoms with E-state index in [-0.39, 0.29) is 17.5 Å². The van der Waals surface area contributed by atoms with Gasteiger partial charge < -0.3 is 0 Å². The molecule has 0 radical (unpaired) electrons. The number of hydrogen-bond acceptors (Lipinski definition) is 1. The first-order valence-electron chi connectivity index (χ1n) is 3.75. The lowest BCUT2D eigenvalue weighted by molar-refractivity contribution is -0.112. The predicted molar refractivity (Wildman–Crippen MR) is 51.2 cm³/mol. The van der Waals surface area contributed by atoms with Crippen LogP contribution in [0.25, 0.3) is 6.08 Å². The predicted octanol–water partition coefficient (Wildman–Crippen LogP) is 2.65. The minimum absolute atomic E-state index is 0.0498. The van der Waals surface area contributed by atoms with Crippen molar-refractivity contribution in [2.24, 2.45) is 0 Å².